The molecule has 0 bridgehead atoms. The number of carbonyl (C=O) groups is 2. The first-order valence-corrected chi connectivity index (χ1v) is 14.2. The monoisotopic (exact) mass is 522 g/mol. The van der Waals surface area contributed by atoms with Crippen LogP contribution in [0.4, 0.5) is 0 Å². The first-order chi connectivity index (χ1) is 18.0. The van der Waals surface area contributed by atoms with Crippen molar-refractivity contribution >= 4 is 23.4 Å². The van der Waals surface area contributed by atoms with Gasteiger partial charge in [-0.1, -0.05) is 60.8 Å². The topological polar surface area (TPSA) is 64.7 Å². The van der Waals surface area contributed by atoms with Gasteiger partial charge < -0.3 is 15.5 Å². The Kier molecular flexibility index (Phi) is 8.48. The molecule has 3 aliphatic rings. The van der Waals surface area contributed by atoms with Crippen molar-refractivity contribution in [1.82, 2.24) is 20.4 Å². The van der Waals surface area contributed by atoms with E-state index in [9.17, 15) is 9.59 Å². The van der Waals surface area contributed by atoms with Crippen LogP contribution in [0.2, 0.25) is 5.02 Å². The van der Waals surface area contributed by atoms with Crippen molar-refractivity contribution in [2.45, 2.75) is 70.1 Å². The Morgan fingerprint density at radius 2 is 1.68 bits per heavy atom. The summed E-state index contributed by atoms with van der Waals surface area (Å²) in [5, 5.41) is 7.13. The molecule has 2 aliphatic heterocycles. The zero-order valence-electron chi connectivity index (χ0n) is 21.8. The maximum Gasteiger partial charge on any atom is 0.245 e. The van der Waals surface area contributed by atoms with Gasteiger partial charge in [0.15, 0.2) is 0 Å². The fraction of sp³-hybridized carbons (Fsp3) is 0.533. The van der Waals surface area contributed by atoms with Gasteiger partial charge >= 0.3 is 0 Å². The summed E-state index contributed by atoms with van der Waals surface area (Å²) in [6.07, 6.45) is 6.43. The second-order valence-corrected chi connectivity index (χ2v) is 11.4. The van der Waals surface area contributed by atoms with Gasteiger partial charge in [-0.3, -0.25) is 14.5 Å². The van der Waals surface area contributed by atoms with Gasteiger partial charge in [0, 0.05) is 50.2 Å². The SMILES string of the molecule is CC(C1CCCC1)N1CCN(C(=O)C(Cc2ccc(Cl)cc2)NC(=O)C2Cc3ccccc3CN2)CC1. The van der Waals surface area contributed by atoms with Crippen LogP contribution >= 0.6 is 11.6 Å². The summed E-state index contributed by atoms with van der Waals surface area (Å²) in [5.41, 5.74) is 3.40. The van der Waals surface area contributed by atoms with Crippen molar-refractivity contribution in [1.29, 1.82) is 0 Å². The van der Waals surface area contributed by atoms with E-state index in [0.29, 0.717) is 43.5 Å². The normalized spacial score (nSPS) is 22.3. The van der Waals surface area contributed by atoms with Gasteiger partial charge in [0.2, 0.25) is 11.8 Å². The van der Waals surface area contributed by atoms with Gasteiger partial charge in [0.1, 0.15) is 6.04 Å². The number of nitrogens with zero attached hydrogens (tertiary/aromatic N) is 2. The molecule has 1 aliphatic carbocycles. The molecule has 2 fully saturated rings. The smallest absolute Gasteiger partial charge is 0.245 e. The summed E-state index contributed by atoms with van der Waals surface area (Å²) in [4.78, 5) is 31.6. The number of fused-ring (bicyclic) bond motifs is 1. The molecule has 5 rings (SSSR count). The van der Waals surface area contributed by atoms with Crippen molar-refractivity contribution in [3.05, 3.63) is 70.2 Å². The largest absolute Gasteiger partial charge is 0.343 e. The Balaban J connectivity index is 1.24. The van der Waals surface area contributed by atoms with E-state index in [1.807, 2.05) is 41.3 Å². The molecule has 1 saturated carbocycles. The molecular weight excluding hydrogens is 484 g/mol. The van der Waals surface area contributed by atoms with Crippen molar-refractivity contribution in [3.8, 4) is 0 Å². The Bertz CT molecular complexity index is 1080. The lowest BCUT2D eigenvalue weighted by Gasteiger charge is -2.41. The van der Waals surface area contributed by atoms with E-state index in [4.69, 9.17) is 11.6 Å². The van der Waals surface area contributed by atoms with Gasteiger partial charge in [-0.25, -0.2) is 0 Å². The van der Waals surface area contributed by atoms with E-state index >= 15 is 0 Å². The molecule has 198 valence electrons. The molecule has 0 radical (unpaired) electrons. The molecule has 0 aromatic heterocycles. The third-order valence-electron chi connectivity index (χ3n) is 8.65. The Labute approximate surface area is 225 Å². The lowest BCUT2D eigenvalue weighted by molar-refractivity contribution is -0.138. The second-order valence-electron chi connectivity index (χ2n) is 10.9. The predicted molar refractivity (Wildman–Crippen MR) is 147 cm³/mol. The van der Waals surface area contributed by atoms with E-state index in [1.165, 1.54) is 36.8 Å². The molecule has 7 heteroatoms. The van der Waals surface area contributed by atoms with Crippen LogP contribution in [0.25, 0.3) is 0 Å². The third-order valence-corrected chi connectivity index (χ3v) is 8.90. The highest BCUT2D eigenvalue weighted by Crippen LogP contribution is 2.30. The lowest BCUT2D eigenvalue weighted by Crippen LogP contribution is -2.59. The number of halogens is 1. The van der Waals surface area contributed by atoms with Crippen molar-refractivity contribution in [3.63, 3.8) is 0 Å². The standard InChI is InChI=1S/C30H39ClN4O2/c1-21(23-6-2-3-7-23)34-14-16-35(17-15-34)30(37)28(18-22-10-12-26(31)13-11-22)33-29(36)27-19-24-8-4-5-9-25(24)20-32-27/h4-5,8-13,21,23,27-28,32H,2-3,6-7,14-20H2,1H3,(H,33,36). The number of hydrogen-bond acceptors (Lipinski definition) is 4. The van der Waals surface area contributed by atoms with Gasteiger partial charge in [-0.2, -0.15) is 0 Å². The molecule has 6 nitrogen and oxygen atoms in total. The van der Waals surface area contributed by atoms with E-state index in [1.54, 1.807) is 0 Å². The minimum absolute atomic E-state index is 0.00711. The zero-order chi connectivity index (χ0) is 25.8. The first-order valence-electron chi connectivity index (χ1n) is 13.9. The maximum absolute atomic E-state index is 13.8. The fourth-order valence-corrected chi connectivity index (χ4v) is 6.40. The predicted octanol–water partition coefficient (Wildman–Crippen LogP) is 3.80. The minimum Gasteiger partial charge on any atom is -0.343 e. The number of hydrogen-bond donors (Lipinski definition) is 2. The fourth-order valence-electron chi connectivity index (χ4n) is 6.28. The van der Waals surface area contributed by atoms with Crippen molar-refractivity contribution in [2.24, 2.45) is 5.92 Å². The van der Waals surface area contributed by atoms with Crippen LogP contribution in [0.1, 0.15) is 49.3 Å². The van der Waals surface area contributed by atoms with Crippen LogP contribution in [0.15, 0.2) is 48.5 Å². The highest BCUT2D eigenvalue weighted by molar-refractivity contribution is 6.30. The zero-order valence-corrected chi connectivity index (χ0v) is 22.6. The van der Waals surface area contributed by atoms with Crippen LogP contribution < -0.4 is 10.6 Å². The summed E-state index contributed by atoms with van der Waals surface area (Å²) in [6, 6.07) is 15.4. The number of benzene rings is 2. The molecule has 2 N–H and O–H groups in total. The van der Waals surface area contributed by atoms with Crippen LogP contribution in [0.5, 0.6) is 0 Å². The number of amides is 2. The van der Waals surface area contributed by atoms with E-state index in [0.717, 1.165) is 24.6 Å². The summed E-state index contributed by atoms with van der Waals surface area (Å²) in [7, 11) is 0. The van der Waals surface area contributed by atoms with Crippen molar-refractivity contribution in [2.75, 3.05) is 26.2 Å². The molecule has 2 heterocycles. The van der Waals surface area contributed by atoms with E-state index in [-0.39, 0.29) is 17.9 Å². The number of piperazine rings is 1. The molecule has 1 saturated heterocycles. The molecule has 2 aromatic rings. The third kappa shape index (κ3) is 6.36. The van der Waals surface area contributed by atoms with Gasteiger partial charge in [0.05, 0.1) is 6.04 Å². The quantitative estimate of drug-likeness (QED) is 0.580. The molecule has 3 unspecified atom stereocenters. The lowest BCUT2D eigenvalue weighted by atomic mass is 9.95. The Morgan fingerprint density at radius 1 is 1.00 bits per heavy atom. The van der Waals surface area contributed by atoms with E-state index < -0.39 is 6.04 Å². The van der Waals surface area contributed by atoms with Crippen LogP contribution in [0.3, 0.4) is 0 Å². The Morgan fingerprint density at radius 3 is 2.38 bits per heavy atom. The highest BCUT2D eigenvalue weighted by Gasteiger charge is 2.34. The molecule has 2 aromatic carbocycles. The average Bonchev–Trinajstić information content (AvgIpc) is 3.48. The molecule has 3 atom stereocenters. The molecule has 2 amide bonds. The van der Waals surface area contributed by atoms with Gasteiger partial charge in [-0.05, 0) is 60.9 Å². The minimum atomic E-state index is -0.605. The summed E-state index contributed by atoms with van der Waals surface area (Å²) < 4.78 is 0. The Hall–Kier alpha value is -2.41. The number of rotatable bonds is 7. The van der Waals surface area contributed by atoms with Gasteiger partial charge in [0.25, 0.3) is 0 Å². The number of carbonyl (C=O) groups excluding carboxylic acids is 2. The average molecular weight is 523 g/mol. The van der Waals surface area contributed by atoms with Crippen LogP contribution in [-0.2, 0) is 29.0 Å². The van der Waals surface area contributed by atoms with E-state index in [2.05, 4.69) is 34.6 Å². The molecule has 0 spiro atoms. The number of nitrogens with one attached hydrogen (secondary N) is 2. The van der Waals surface area contributed by atoms with Crippen LogP contribution in [-0.4, -0.2) is 65.9 Å². The molecular formula is C30H39ClN4O2. The first kappa shape index (κ1) is 26.2. The summed E-state index contributed by atoms with van der Waals surface area (Å²) >= 11 is 6.09. The maximum atomic E-state index is 13.8. The van der Waals surface area contributed by atoms with Gasteiger partial charge in [-0.15, -0.1) is 0 Å². The second kappa shape index (κ2) is 12.0. The summed E-state index contributed by atoms with van der Waals surface area (Å²) in [6.45, 7) is 6.21. The summed E-state index contributed by atoms with van der Waals surface area (Å²) in [5.74, 6) is 0.676. The molecule has 37 heavy (non-hydrogen) atoms. The van der Waals surface area contributed by atoms with Crippen LogP contribution in [0, 0.1) is 5.92 Å². The highest BCUT2D eigenvalue weighted by atomic mass is 35.5. The van der Waals surface area contributed by atoms with Crippen molar-refractivity contribution < 1.29 is 9.59 Å².